The second kappa shape index (κ2) is 18.4. The van der Waals surface area contributed by atoms with Gasteiger partial charge in [-0.25, -0.2) is 4.98 Å². The van der Waals surface area contributed by atoms with Crippen LogP contribution in [0.1, 0.15) is 91.2 Å². The molecule has 0 saturated carbocycles. The number of benzene rings is 1. The minimum Gasteiger partial charge on any atom is -0.668 e. The summed E-state index contributed by atoms with van der Waals surface area (Å²) in [5, 5.41) is 66.9. The van der Waals surface area contributed by atoms with Crippen molar-refractivity contribution in [2.75, 3.05) is 24.7 Å². The number of allylic oxidation sites excluding steroid dienone is 2. The van der Waals surface area contributed by atoms with Crippen molar-refractivity contribution < 1.29 is 35.4 Å². The van der Waals surface area contributed by atoms with Crippen molar-refractivity contribution in [3.8, 4) is 23.3 Å². The first kappa shape index (κ1) is 40.1. The van der Waals surface area contributed by atoms with Crippen molar-refractivity contribution in [2.24, 2.45) is 23.7 Å². The van der Waals surface area contributed by atoms with Crippen LogP contribution in [0.3, 0.4) is 0 Å². The van der Waals surface area contributed by atoms with Crippen molar-refractivity contribution in [2.45, 2.75) is 106 Å². The van der Waals surface area contributed by atoms with E-state index < -0.39 is 36.3 Å². The molecule has 4 aliphatic rings. The van der Waals surface area contributed by atoms with E-state index in [2.05, 4.69) is 27.9 Å². The van der Waals surface area contributed by atoms with Gasteiger partial charge in [-0.2, -0.15) is 11.9 Å². The van der Waals surface area contributed by atoms with Crippen molar-refractivity contribution in [3.05, 3.63) is 82.3 Å². The van der Waals surface area contributed by atoms with Crippen molar-refractivity contribution >= 4 is 27.4 Å². The largest absolute Gasteiger partial charge is 0.668 e. The molecule has 10 nitrogen and oxygen atoms in total. The van der Waals surface area contributed by atoms with Crippen LogP contribution in [0.2, 0.25) is 0 Å². The molecule has 3 heterocycles. The zero-order chi connectivity index (χ0) is 38.5. The minimum absolute atomic E-state index is 0.0270. The Hall–Kier alpha value is -3.15. The third kappa shape index (κ3) is 9.20. The second-order valence-corrected chi connectivity index (χ2v) is 18.2. The van der Waals surface area contributed by atoms with Gasteiger partial charge in [0, 0.05) is 66.1 Å². The van der Waals surface area contributed by atoms with Crippen molar-refractivity contribution in [1.29, 1.82) is 0 Å². The molecule has 55 heavy (non-hydrogen) atoms. The molecule has 8 N–H and O–H groups in total. The van der Waals surface area contributed by atoms with Gasteiger partial charge < -0.3 is 46.1 Å². The highest BCUT2D eigenvalue weighted by Crippen LogP contribution is 2.48. The Morgan fingerprint density at radius 2 is 1.84 bits per heavy atom. The van der Waals surface area contributed by atoms with Gasteiger partial charge in [-0.05, 0) is 92.2 Å². The number of hydrogen-bond donors (Lipinski definition) is 7. The number of pyridine rings is 1. The number of nitrogens with zero attached hydrogens (tertiary/aromatic N) is 2. The summed E-state index contributed by atoms with van der Waals surface area (Å²) >= 11 is 0. The predicted octanol–water partition coefficient (Wildman–Crippen LogP) is 5.25. The molecule has 0 fully saturated rings. The maximum absolute atomic E-state index is 12.0. The first-order chi connectivity index (χ1) is 26.7. The number of fused-ring (bicyclic) bond motifs is 5. The van der Waals surface area contributed by atoms with Crippen LogP contribution < -0.4 is 15.5 Å². The lowest BCUT2D eigenvalue weighted by atomic mass is 9.76. The van der Waals surface area contributed by atoms with Gasteiger partial charge in [0.05, 0.1) is 18.3 Å². The summed E-state index contributed by atoms with van der Waals surface area (Å²) < 4.78 is 6.75. The number of phenolic OH excluding ortho intramolecular Hbond substituents is 1. The Labute approximate surface area is 331 Å². The van der Waals surface area contributed by atoms with E-state index in [4.69, 9.17) is 10.5 Å². The molecule has 3 aromatic rings. The van der Waals surface area contributed by atoms with E-state index in [0.29, 0.717) is 55.8 Å². The third-order valence-electron chi connectivity index (χ3n) is 12.2. The van der Waals surface area contributed by atoms with Crippen LogP contribution >= 0.6 is 21.6 Å². The summed E-state index contributed by atoms with van der Waals surface area (Å²) in [6.45, 7) is -0.152. The highest BCUT2D eigenvalue weighted by atomic mass is 33.1. The minimum atomic E-state index is -1.06. The zero-order valence-electron chi connectivity index (χ0n) is 31.2. The first-order valence-electron chi connectivity index (χ1n) is 19.8. The van der Waals surface area contributed by atoms with E-state index in [-0.39, 0.29) is 48.4 Å². The highest BCUT2D eigenvalue weighted by molar-refractivity contribution is 8.76. The average molecular weight is 789 g/mol. The smallest absolute Gasteiger partial charge is 0.161 e. The van der Waals surface area contributed by atoms with Crippen LogP contribution in [0.25, 0.3) is 0 Å². The van der Waals surface area contributed by atoms with E-state index in [1.807, 2.05) is 24.3 Å². The fraction of sp³-hybridized carbons (Fsp3) is 0.558. The maximum Gasteiger partial charge on any atom is 0.161 e. The molecule has 0 bridgehead atoms. The predicted molar refractivity (Wildman–Crippen MR) is 217 cm³/mol. The van der Waals surface area contributed by atoms with Crippen molar-refractivity contribution in [3.63, 3.8) is 0 Å². The van der Waals surface area contributed by atoms with Crippen LogP contribution in [0, 0.1) is 35.5 Å². The van der Waals surface area contributed by atoms with E-state index in [0.717, 1.165) is 59.2 Å². The summed E-state index contributed by atoms with van der Waals surface area (Å²) in [5.41, 5.74) is 12.4. The standard InChI is InChI=1S/C43H54N3O7S2/c44-43-35-24-55-54-23-30(22-48)42(52)40(19-29(32(35)11-14-46-43)17-31-5-3-13-45-31)53-39-21-34-27(18-37(39)50)10-9-26-16-28-8-7-25(12-15-47)4-1-2-6-36(49)41(28)38(51)20-33(26)34/h3,5,11,13-14,16,18,21,25,28-30,33,36,38,40-42,47-52H,1-2,4,6,9-10,12,15,17,19-20,22-24H2,(H2,44,46)/q-1. The molecule has 1 aromatic carbocycles. The molecular weight excluding hydrogens is 735 g/mol. The quantitative estimate of drug-likeness (QED) is 0.0941. The third-order valence-corrected chi connectivity index (χ3v) is 14.6. The molecular formula is C43H54N3O7S2-. The summed E-state index contributed by atoms with van der Waals surface area (Å²) in [7, 11) is 3.18. The Balaban J connectivity index is 1.24. The molecule has 2 aromatic heterocycles. The highest BCUT2D eigenvalue weighted by Gasteiger charge is 2.41. The van der Waals surface area contributed by atoms with Gasteiger partial charge in [-0.15, -0.1) is 0 Å². The van der Waals surface area contributed by atoms with Crippen molar-refractivity contribution in [1.82, 2.24) is 9.97 Å². The van der Waals surface area contributed by atoms with Crippen LogP contribution in [0.5, 0.6) is 11.5 Å². The molecule has 296 valence electrons. The number of aromatic nitrogens is 2. The number of aryl methyl sites for hydroxylation is 1. The number of aliphatic hydroxyl groups is 5. The summed E-state index contributed by atoms with van der Waals surface area (Å²) in [5.74, 6) is 7.11. The normalized spacial score (nSPS) is 31.4. The number of anilines is 1. The Kier molecular flexibility index (Phi) is 13.4. The Morgan fingerprint density at radius 1 is 0.982 bits per heavy atom. The van der Waals surface area contributed by atoms with Crippen LogP contribution in [-0.4, -0.2) is 79.0 Å². The van der Waals surface area contributed by atoms with Gasteiger partial charge in [-0.3, -0.25) is 0 Å². The topological polar surface area (TPSA) is 184 Å². The van der Waals surface area contributed by atoms with E-state index >= 15 is 0 Å². The number of aliphatic hydroxyl groups excluding tert-OH is 5. The number of rotatable bonds is 7. The lowest BCUT2D eigenvalue weighted by Gasteiger charge is -2.34. The maximum atomic E-state index is 12.0. The Morgan fingerprint density at radius 3 is 2.64 bits per heavy atom. The summed E-state index contributed by atoms with van der Waals surface area (Å²) in [4.78, 5) is 8.95. The number of nitrogen functional groups attached to an aromatic ring is 1. The molecule has 0 amide bonds. The number of aromatic hydroxyl groups is 1. The van der Waals surface area contributed by atoms with Gasteiger partial charge in [0.2, 0.25) is 0 Å². The molecule has 0 radical (unpaired) electrons. The summed E-state index contributed by atoms with van der Waals surface area (Å²) in [6.07, 6.45) is 8.88. The molecule has 10 unspecified atom stereocenters. The second-order valence-electron chi connectivity index (χ2n) is 15.7. The number of nitrogens with two attached hydrogens (primary N) is 1. The molecule has 7 rings (SSSR count). The molecule has 10 atom stereocenters. The van der Waals surface area contributed by atoms with E-state index in [1.165, 1.54) is 0 Å². The van der Waals surface area contributed by atoms with Gasteiger partial charge >= 0.3 is 0 Å². The molecule has 3 aliphatic carbocycles. The van der Waals surface area contributed by atoms with Gasteiger partial charge in [0.25, 0.3) is 0 Å². The zero-order valence-corrected chi connectivity index (χ0v) is 32.8. The molecule has 0 saturated heterocycles. The molecule has 12 heteroatoms. The number of ether oxygens (including phenoxy) is 1. The molecule has 0 spiro atoms. The fourth-order valence-corrected chi connectivity index (χ4v) is 11.7. The number of phenols is 1. The number of hydrogen-bond acceptors (Lipinski definition) is 11. The lowest BCUT2D eigenvalue weighted by molar-refractivity contribution is -0.0196. The monoisotopic (exact) mass is 788 g/mol. The first-order valence-corrected chi connectivity index (χ1v) is 22.3. The summed E-state index contributed by atoms with van der Waals surface area (Å²) in [6, 6.07) is 9.49. The average Bonchev–Trinajstić information content (AvgIpc) is 3.63. The van der Waals surface area contributed by atoms with Gasteiger partial charge in [0.1, 0.15) is 11.9 Å². The van der Waals surface area contributed by atoms with E-state index in [9.17, 15) is 30.6 Å². The van der Waals surface area contributed by atoms with Gasteiger partial charge in [-0.1, -0.05) is 70.1 Å². The van der Waals surface area contributed by atoms with Crippen LogP contribution in [0.4, 0.5) is 5.82 Å². The fourth-order valence-electron chi connectivity index (χ4n) is 9.20. The Bertz CT molecular complexity index is 1850. The lowest BCUT2D eigenvalue weighted by Crippen LogP contribution is -2.41. The van der Waals surface area contributed by atoms with Gasteiger partial charge in [0.15, 0.2) is 11.5 Å². The molecule has 1 aliphatic heterocycles. The SMILES string of the molecule is Nc1nccc2c1CSSCC(CO)C(O)C(Oc1cc3c(cc1O)CCC1=CC4C#CC(CCO)CCCCC(O)C4C(O)CC13)CC2Cc1ccc[n-]1. The van der Waals surface area contributed by atoms with Crippen LogP contribution in [0.15, 0.2) is 54.4 Å². The van der Waals surface area contributed by atoms with E-state index in [1.54, 1.807) is 40.0 Å². The van der Waals surface area contributed by atoms with Crippen LogP contribution in [-0.2, 0) is 18.6 Å².